The quantitative estimate of drug-likeness (QED) is 0.405. The number of para-hydroxylation sites is 2. The summed E-state index contributed by atoms with van der Waals surface area (Å²) in [4.78, 5) is 0. The molecular formula is C15H25IN2Si. The van der Waals surface area contributed by atoms with Crippen molar-refractivity contribution in [2.24, 2.45) is 0 Å². The van der Waals surface area contributed by atoms with E-state index in [1.807, 2.05) is 0 Å². The molecule has 0 aliphatic heterocycles. The predicted molar refractivity (Wildman–Crippen MR) is 80.6 cm³/mol. The van der Waals surface area contributed by atoms with Gasteiger partial charge >= 0.3 is 0 Å². The van der Waals surface area contributed by atoms with Crippen molar-refractivity contribution >= 4 is 19.1 Å². The summed E-state index contributed by atoms with van der Waals surface area (Å²) in [6.07, 6.45) is 3.58. The molecule has 0 saturated carbocycles. The molecule has 0 amide bonds. The minimum absolute atomic E-state index is 0. The zero-order chi connectivity index (χ0) is 13.2. The Labute approximate surface area is 134 Å². The lowest BCUT2D eigenvalue weighted by molar-refractivity contribution is -0.672. The maximum Gasteiger partial charge on any atom is 0.244 e. The van der Waals surface area contributed by atoms with E-state index < -0.39 is 8.07 Å². The molecule has 1 aromatic carbocycles. The average Bonchev–Trinajstić information content (AvgIpc) is 2.66. The highest BCUT2D eigenvalue weighted by atomic mass is 127. The molecule has 0 fully saturated rings. The van der Waals surface area contributed by atoms with E-state index in [-0.39, 0.29) is 24.0 Å². The highest BCUT2D eigenvalue weighted by Gasteiger charge is 2.16. The van der Waals surface area contributed by atoms with Crippen molar-refractivity contribution in [1.29, 1.82) is 0 Å². The zero-order valence-corrected chi connectivity index (χ0v) is 15.6. The van der Waals surface area contributed by atoms with Crippen molar-refractivity contribution in [1.82, 2.24) is 4.57 Å². The molecule has 0 spiro atoms. The molecular weight excluding hydrogens is 363 g/mol. The van der Waals surface area contributed by atoms with E-state index in [4.69, 9.17) is 0 Å². The van der Waals surface area contributed by atoms with E-state index in [0.29, 0.717) is 0 Å². The van der Waals surface area contributed by atoms with Gasteiger partial charge in [0.25, 0.3) is 0 Å². The van der Waals surface area contributed by atoms with Crippen LogP contribution in [0.5, 0.6) is 0 Å². The van der Waals surface area contributed by atoms with Crippen LogP contribution in [-0.4, -0.2) is 12.6 Å². The molecule has 2 aromatic rings. The summed E-state index contributed by atoms with van der Waals surface area (Å²) in [5.74, 6) is 0. The third-order valence-corrected chi connectivity index (χ3v) is 5.30. The van der Waals surface area contributed by atoms with Crippen molar-refractivity contribution in [3.05, 3.63) is 30.6 Å². The molecule has 106 valence electrons. The van der Waals surface area contributed by atoms with Gasteiger partial charge in [0.15, 0.2) is 11.0 Å². The Bertz CT molecular complexity index is 528. The summed E-state index contributed by atoms with van der Waals surface area (Å²) >= 11 is 0. The van der Waals surface area contributed by atoms with Crippen LogP contribution in [0.1, 0.15) is 13.3 Å². The Morgan fingerprint density at radius 3 is 2.47 bits per heavy atom. The standard InChI is InChI=1S/C15H25N2Si.HI/c1-5-16-13-17(11-8-12-18(2,3)4)15-10-7-6-9-14(15)16;/h6-7,9-10,13H,5,8,11-12H2,1-4H3;1H/q+1;/p-1. The largest absolute Gasteiger partial charge is 1.00 e. The zero-order valence-electron chi connectivity index (χ0n) is 12.5. The maximum atomic E-state index is 2.45. The van der Waals surface area contributed by atoms with Crippen LogP contribution in [-0.2, 0) is 13.1 Å². The normalized spacial score (nSPS) is 11.6. The van der Waals surface area contributed by atoms with Gasteiger partial charge in [-0.2, -0.15) is 0 Å². The van der Waals surface area contributed by atoms with Crippen molar-refractivity contribution in [2.75, 3.05) is 0 Å². The Hall–Kier alpha value is -0.363. The minimum Gasteiger partial charge on any atom is -1.00 e. The fraction of sp³-hybridized carbons (Fsp3) is 0.533. The van der Waals surface area contributed by atoms with Crippen LogP contribution in [0.4, 0.5) is 0 Å². The van der Waals surface area contributed by atoms with Crippen molar-refractivity contribution in [2.45, 2.75) is 52.1 Å². The fourth-order valence-corrected chi connectivity index (χ4v) is 3.67. The first-order valence-corrected chi connectivity index (χ1v) is 10.7. The summed E-state index contributed by atoms with van der Waals surface area (Å²) < 4.78 is 4.75. The number of rotatable bonds is 5. The fourth-order valence-electron chi connectivity index (χ4n) is 2.45. The number of halogens is 1. The second-order valence-corrected chi connectivity index (χ2v) is 11.9. The Kier molecular flexibility index (Phi) is 6.04. The van der Waals surface area contributed by atoms with Gasteiger partial charge in [-0.3, -0.25) is 0 Å². The molecule has 0 saturated heterocycles. The first-order chi connectivity index (χ1) is 8.51. The van der Waals surface area contributed by atoms with Gasteiger partial charge in [-0.1, -0.05) is 37.8 Å². The smallest absolute Gasteiger partial charge is 0.244 e. The van der Waals surface area contributed by atoms with Gasteiger partial charge in [-0.15, -0.1) is 0 Å². The maximum absolute atomic E-state index is 2.45. The van der Waals surface area contributed by atoms with Crippen molar-refractivity contribution < 1.29 is 28.5 Å². The SMILES string of the molecule is CCn1c[n+](CCC[Si](C)(C)C)c2ccccc21.[I-]. The molecule has 0 unspecified atom stereocenters. The Balaban J connectivity index is 0.00000180. The Morgan fingerprint density at radius 1 is 1.16 bits per heavy atom. The van der Waals surface area contributed by atoms with Gasteiger partial charge in [0.2, 0.25) is 6.33 Å². The van der Waals surface area contributed by atoms with Gasteiger partial charge in [0, 0.05) is 8.07 Å². The number of aryl methyl sites for hydroxylation is 2. The van der Waals surface area contributed by atoms with E-state index in [1.165, 1.54) is 23.5 Å². The van der Waals surface area contributed by atoms with E-state index in [2.05, 4.69) is 66.3 Å². The van der Waals surface area contributed by atoms with Crippen molar-refractivity contribution in [3.8, 4) is 0 Å². The lowest BCUT2D eigenvalue weighted by Gasteiger charge is -2.14. The van der Waals surface area contributed by atoms with Gasteiger partial charge in [0.1, 0.15) is 0 Å². The molecule has 2 rings (SSSR count). The van der Waals surface area contributed by atoms with Crippen LogP contribution < -0.4 is 28.5 Å². The van der Waals surface area contributed by atoms with Crippen molar-refractivity contribution in [3.63, 3.8) is 0 Å². The summed E-state index contributed by atoms with van der Waals surface area (Å²) in [7, 11) is -0.900. The van der Waals surface area contributed by atoms with Gasteiger partial charge in [-0.25, -0.2) is 9.13 Å². The lowest BCUT2D eigenvalue weighted by Crippen LogP contribution is -3.00. The predicted octanol–water partition coefficient (Wildman–Crippen LogP) is 0.681. The number of hydrogen-bond acceptors (Lipinski definition) is 0. The van der Waals surface area contributed by atoms with Crippen LogP contribution in [0.25, 0.3) is 11.0 Å². The first kappa shape index (κ1) is 16.7. The van der Waals surface area contributed by atoms with Crippen LogP contribution in [0.3, 0.4) is 0 Å². The first-order valence-electron chi connectivity index (χ1n) is 6.98. The second kappa shape index (κ2) is 6.88. The summed E-state index contributed by atoms with van der Waals surface area (Å²) in [5.41, 5.74) is 2.72. The van der Waals surface area contributed by atoms with Crippen LogP contribution in [0.15, 0.2) is 30.6 Å². The summed E-state index contributed by atoms with van der Waals surface area (Å²) in [6.45, 7) is 11.8. The van der Waals surface area contributed by atoms with E-state index >= 15 is 0 Å². The molecule has 0 atom stereocenters. The van der Waals surface area contributed by atoms with Crippen LogP contribution in [0, 0.1) is 0 Å². The van der Waals surface area contributed by atoms with E-state index in [9.17, 15) is 0 Å². The topological polar surface area (TPSA) is 8.81 Å². The number of aromatic nitrogens is 2. The summed E-state index contributed by atoms with van der Waals surface area (Å²) in [6, 6.07) is 10.1. The molecule has 0 bridgehead atoms. The molecule has 0 aliphatic rings. The number of nitrogens with zero attached hydrogens (tertiary/aromatic N) is 2. The van der Waals surface area contributed by atoms with Gasteiger partial charge < -0.3 is 24.0 Å². The van der Waals surface area contributed by atoms with Gasteiger partial charge in [-0.05, 0) is 25.5 Å². The second-order valence-electron chi connectivity index (χ2n) is 6.25. The summed E-state index contributed by atoms with van der Waals surface area (Å²) in [5, 5.41) is 0. The lowest BCUT2D eigenvalue weighted by atomic mass is 10.3. The molecule has 4 heteroatoms. The Morgan fingerprint density at radius 2 is 1.84 bits per heavy atom. The monoisotopic (exact) mass is 388 g/mol. The average molecular weight is 388 g/mol. The van der Waals surface area contributed by atoms with Crippen LogP contribution in [0.2, 0.25) is 25.7 Å². The van der Waals surface area contributed by atoms with Gasteiger partial charge in [0.05, 0.1) is 13.1 Å². The minimum atomic E-state index is -0.900. The van der Waals surface area contributed by atoms with E-state index in [0.717, 1.165) is 13.1 Å². The number of fused-ring (bicyclic) bond motifs is 1. The number of benzene rings is 1. The molecule has 2 nitrogen and oxygen atoms in total. The third-order valence-electron chi connectivity index (χ3n) is 3.45. The molecule has 0 aliphatic carbocycles. The molecule has 1 aromatic heterocycles. The van der Waals surface area contributed by atoms with Crippen LogP contribution >= 0.6 is 0 Å². The number of hydrogen-bond donors (Lipinski definition) is 0. The van der Waals surface area contributed by atoms with E-state index in [1.54, 1.807) is 0 Å². The highest BCUT2D eigenvalue weighted by molar-refractivity contribution is 6.76. The highest BCUT2D eigenvalue weighted by Crippen LogP contribution is 2.13. The third kappa shape index (κ3) is 4.31. The molecule has 1 heterocycles. The number of imidazole rings is 1. The molecule has 19 heavy (non-hydrogen) atoms. The molecule has 0 radical (unpaired) electrons. The molecule has 0 N–H and O–H groups in total.